The van der Waals surface area contributed by atoms with Crippen LogP contribution in [0.15, 0.2) is 224 Å². The van der Waals surface area contributed by atoms with E-state index in [2.05, 4.69) is 241 Å². The van der Waals surface area contributed by atoms with Crippen molar-refractivity contribution < 1.29 is 0 Å². The fourth-order valence-corrected chi connectivity index (χ4v) is 9.84. The molecule has 12 aromatic rings. The van der Waals surface area contributed by atoms with Gasteiger partial charge in [0.15, 0.2) is 0 Å². The van der Waals surface area contributed by atoms with Crippen LogP contribution in [0, 0.1) is 0 Å². The second kappa shape index (κ2) is 14.4. The molecule has 0 bridgehead atoms. The molecule has 0 aliphatic carbocycles. The van der Waals surface area contributed by atoms with Crippen LogP contribution in [0.4, 0.5) is 0 Å². The van der Waals surface area contributed by atoms with Crippen LogP contribution < -0.4 is 0 Å². The minimum absolute atomic E-state index is 1.16. The standard InChI is InChI=1S/C60H39N/c1-2-16-46-41(14-1)15-13-25-49(46)50-39-36-42(47-17-3-4-18-48(47)50)31-28-40-29-32-43(33-30-40)59-53-21-5-7-23-55(53)60(56-24-8-6-22-54(56)59)44-34-37-45(38-35-44)61-57-26-11-9-19-51(57)52-20-10-12-27-58(52)61/h1-39H/b31-28+. The molecule has 0 N–H and O–H groups in total. The number of aromatic nitrogens is 1. The quantitative estimate of drug-likeness (QED) is 0.117. The lowest BCUT2D eigenvalue weighted by Crippen LogP contribution is -1.94. The highest BCUT2D eigenvalue weighted by Crippen LogP contribution is 2.44. The van der Waals surface area contributed by atoms with Crippen molar-refractivity contribution in [1.29, 1.82) is 0 Å². The summed E-state index contributed by atoms with van der Waals surface area (Å²) in [7, 11) is 0. The minimum atomic E-state index is 1.16. The van der Waals surface area contributed by atoms with Crippen molar-refractivity contribution in [2.24, 2.45) is 0 Å². The Balaban J connectivity index is 0.913. The Morgan fingerprint density at radius 2 is 0.721 bits per heavy atom. The van der Waals surface area contributed by atoms with Crippen LogP contribution in [0.1, 0.15) is 11.1 Å². The summed E-state index contributed by atoms with van der Waals surface area (Å²) in [6.45, 7) is 0. The number of hydrogen-bond acceptors (Lipinski definition) is 0. The van der Waals surface area contributed by atoms with Gasteiger partial charge < -0.3 is 4.57 Å². The van der Waals surface area contributed by atoms with Gasteiger partial charge in [0.1, 0.15) is 0 Å². The van der Waals surface area contributed by atoms with E-state index in [1.807, 2.05) is 0 Å². The van der Waals surface area contributed by atoms with Gasteiger partial charge in [-0.2, -0.15) is 0 Å². The lowest BCUT2D eigenvalue weighted by atomic mass is 9.86. The molecule has 0 aliphatic heterocycles. The third-order valence-electron chi connectivity index (χ3n) is 12.6. The molecule has 12 rings (SSSR count). The van der Waals surface area contributed by atoms with Gasteiger partial charge in [-0.05, 0) is 112 Å². The Morgan fingerprint density at radius 3 is 1.31 bits per heavy atom. The van der Waals surface area contributed by atoms with E-state index in [1.165, 1.54) is 109 Å². The molecule has 11 aromatic carbocycles. The predicted molar refractivity (Wildman–Crippen MR) is 262 cm³/mol. The molecule has 0 atom stereocenters. The van der Waals surface area contributed by atoms with E-state index < -0.39 is 0 Å². The maximum Gasteiger partial charge on any atom is 0.0541 e. The maximum atomic E-state index is 2.39. The first-order valence-electron chi connectivity index (χ1n) is 21.1. The van der Waals surface area contributed by atoms with Crippen LogP contribution in [0.3, 0.4) is 0 Å². The van der Waals surface area contributed by atoms with E-state index in [1.54, 1.807) is 0 Å². The monoisotopic (exact) mass is 773 g/mol. The number of rotatable bonds is 6. The number of nitrogens with zero attached hydrogens (tertiary/aromatic N) is 1. The highest BCUT2D eigenvalue weighted by atomic mass is 15.0. The van der Waals surface area contributed by atoms with E-state index in [-0.39, 0.29) is 0 Å². The van der Waals surface area contributed by atoms with Crippen molar-refractivity contribution in [2.45, 2.75) is 0 Å². The van der Waals surface area contributed by atoms with E-state index in [9.17, 15) is 0 Å². The van der Waals surface area contributed by atoms with E-state index in [0.717, 1.165) is 5.69 Å². The molecular formula is C60H39N. The molecule has 1 aromatic heterocycles. The SMILES string of the molecule is C(=C\c1ccc(-c2cccc3ccccc23)c2ccccc12)/c1ccc(-c2c3ccccc3c(-c3ccc(-n4c5ccccc5c5ccccc54)cc3)c3ccccc23)cc1. The Morgan fingerprint density at radius 1 is 0.279 bits per heavy atom. The summed E-state index contributed by atoms with van der Waals surface area (Å²) in [6, 6.07) is 82.1. The Hall–Kier alpha value is -8.00. The third kappa shape index (κ3) is 5.78. The van der Waals surface area contributed by atoms with Crippen LogP contribution >= 0.6 is 0 Å². The molecule has 0 saturated carbocycles. The average Bonchev–Trinajstić information content (AvgIpc) is 3.67. The van der Waals surface area contributed by atoms with Crippen molar-refractivity contribution in [3.8, 4) is 39.1 Å². The fourth-order valence-electron chi connectivity index (χ4n) is 9.84. The van der Waals surface area contributed by atoms with Gasteiger partial charge in [0.05, 0.1) is 11.0 Å². The van der Waals surface area contributed by atoms with Gasteiger partial charge in [-0.25, -0.2) is 0 Å². The molecule has 1 heteroatoms. The summed E-state index contributed by atoms with van der Waals surface area (Å²) in [5.41, 5.74) is 13.5. The average molecular weight is 774 g/mol. The summed E-state index contributed by atoms with van der Waals surface area (Å²) in [6.07, 6.45) is 4.50. The van der Waals surface area contributed by atoms with E-state index in [4.69, 9.17) is 0 Å². The molecule has 0 fully saturated rings. The van der Waals surface area contributed by atoms with Gasteiger partial charge in [-0.3, -0.25) is 0 Å². The predicted octanol–water partition coefficient (Wildman–Crippen LogP) is 16.6. The molecule has 1 nitrogen and oxygen atoms in total. The van der Waals surface area contributed by atoms with Crippen LogP contribution in [0.2, 0.25) is 0 Å². The van der Waals surface area contributed by atoms with Crippen molar-refractivity contribution in [1.82, 2.24) is 4.57 Å². The summed E-state index contributed by atoms with van der Waals surface area (Å²) in [5.74, 6) is 0. The molecular weight excluding hydrogens is 735 g/mol. The van der Waals surface area contributed by atoms with Gasteiger partial charge in [-0.15, -0.1) is 0 Å². The molecule has 284 valence electrons. The number of fused-ring (bicyclic) bond motifs is 7. The molecule has 0 radical (unpaired) electrons. The molecule has 0 saturated heterocycles. The zero-order chi connectivity index (χ0) is 40.3. The van der Waals surface area contributed by atoms with Crippen molar-refractivity contribution >= 4 is 77.0 Å². The third-order valence-corrected chi connectivity index (χ3v) is 12.6. The second-order valence-electron chi connectivity index (χ2n) is 16.0. The summed E-state index contributed by atoms with van der Waals surface area (Å²) in [5, 5.41) is 12.6. The zero-order valence-corrected chi connectivity index (χ0v) is 33.5. The van der Waals surface area contributed by atoms with Crippen molar-refractivity contribution in [3.63, 3.8) is 0 Å². The van der Waals surface area contributed by atoms with Gasteiger partial charge in [0.2, 0.25) is 0 Å². The highest BCUT2D eigenvalue weighted by Gasteiger charge is 2.18. The first kappa shape index (κ1) is 35.0. The molecule has 0 aliphatic rings. The zero-order valence-electron chi connectivity index (χ0n) is 33.5. The largest absolute Gasteiger partial charge is 0.309 e. The summed E-state index contributed by atoms with van der Waals surface area (Å²) < 4.78 is 2.39. The smallest absolute Gasteiger partial charge is 0.0541 e. The van der Waals surface area contributed by atoms with Crippen molar-refractivity contribution in [2.75, 3.05) is 0 Å². The first-order chi connectivity index (χ1) is 30.3. The van der Waals surface area contributed by atoms with Crippen LogP contribution in [0.25, 0.3) is 116 Å². The first-order valence-corrected chi connectivity index (χ1v) is 21.1. The topological polar surface area (TPSA) is 4.93 Å². The molecule has 1 heterocycles. The number of hydrogen-bond donors (Lipinski definition) is 0. The normalized spacial score (nSPS) is 11.9. The van der Waals surface area contributed by atoms with E-state index >= 15 is 0 Å². The summed E-state index contributed by atoms with van der Waals surface area (Å²) in [4.78, 5) is 0. The molecule has 0 amide bonds. The van der Waals surface area contributed by atoms with Gasteiger partial charge >= 0.3 is 0 Å². The van der Waals surface area contributed by atoms with Gasteiger partial charge in [0, 0.05) is 16.5 Å². The van der Waals surface area contributed by atoms with Crippen LogP contribution in [0.5, 0.6) is 0 Å². The van der Waals surface area contributed by atoms with Crippen molar-refractivity contribution in [3.05, 3.63) is 236 Å². The van der Waals surface area contributed by atoms with Crippen LogP contribution in [-0.4, -0.2) is 4.57 Å². The van der Waals surface area contributed by atoms with Crippen LogP contribution in [-0.2, 0) is 0 Å². The van der Waals surface area contributed by atoms with Gasteiger partial charge in [0.25, 0.3) is 0 Å². The Labute approximate surface area is 354 Å². The molecule has 0 unspecified atom stereocenters. The Kier molecular flexibility index (Phi) is 8.25. The molecule has 0 spiro atoms. The minimum Gasteiger partial charge on any atom is -0.309 e. The maximum absolute atomic E-state index is 2.39. The second-order valence-corrected chi connectivity index (χ2v) is 16.0. The number of benzene rings is 11. The lowest BCUT2D eigenvalue weighted by Gasteiger charge is -2.18. The van der Waals surface area contributed by atoms with E-state index in [0.29, 0.717) is 0 Å². The Bertz CT molecular complexity index is 3560. The highest BCUT2D eigenvalue weighted by molar-refractivity contribution is 6.21. The lowest BCUT2D eigenvalue weighted by molar-refractivity contribution is 1.18. The van der Waals surface area contributed by atoms with Gasteiger partial charge in [-0.1, -0.05) is 212 Å². The summed E-state index contributed by atoms with van der Waals surface area (Å²) >= 11 is 0. The number of para-hydroxylation sites is 2. The molecule has 61 heavy (non-hydrogen) atoms. The fraction of sp³-hybridized carbons (Fsp3) is 0.